The molecule has 0 fully saturated rings. The molecule has 0 amide bonds. The van der Waals surface area contributed by atoms with Gasteiger partial charge in [0.05, 0.1) is 6.61 Å². The first-order valence-corrected chi connectivity index (χ1v) is 6.71. The van der Waals surface area contributed by atoms with E-state index in [-0.39, 0.29) is 5.97 Å². The second-order valence-corrected chi connectivity index (χ2v) is 4.26. The van der Waals surface area contributed by atoms with E-state index >= 15 is 0 Å². The summed E-state index contributed by atoms with van der Waals surface area (Å²) < 4.78 is 5.08. The average molecular weight is 232 g/mol. The van der Waals surface area contributed by atoms with Gasteiger partial charge in [0.15, 0.2) is 0 Å². The smallest absolute Gasteiger partial charge is 0.305 e. The SMILES string of the molecule is CCCCCCCC(=O)OCCCCS. The fourth-order valence-corrected chi connectivity index (χ4v) is 1.57. The molecule has 0 saturated heterocycles. The van der Waals surface area contributed by atoms with Crippen LogP contribution in [0.1, 0.15) is 58.3 Å². The fourth-order valence-electron chi connectivity index (χ4n) is 1.34. The lowest BCUT2D eigenvalue weighted by Crippen LogP contribution is -2.05. The monoisotopic (exact) mass is 232 g/mol. The van der Waals surface area contributed by atoms with Crippen LogP contribution in [0.5, 0.6) is 0 Å². The molecule has 0 aliphatic heterocycles. The summed E-state index contributed by atoms with van der Waals surface area (Å²) in [5, 5.41) is 0. The molecule has 0 atom stereocenters. The third-order valence-electron chi connectivity index (χ3n) is 2.30. The fraction of sp³-hybridized carbons (Fsp3) is 0.917. The predicted octanol–water partition coefficient (Wildman–Crippen LogP) is 3.60. The lowest BCUT2D eigenvalue weighted by atomic mass is 10.1. The van der Waals surface area contributed by atoms with Gasteiger partial charge in [0.1, 0.15) is 0 Å². The van der Waals surface area contributed by atoms with E-state index < -0.39 is 0 Å². The second kappa shape index (κ2) is 11.9. The largest absolute Gasteiger partial charge is 0.466 e. The van der Waals surface area contributed by atoms with Crippen molar-refractivity contribution in [1.29, 1.82) is 0 Å². The molecule has 15 heavy (non-hydrogen) atoms. The van der Waals surface area contributed by atoms with E-state index in [9.17, 15) is 4.79 Å². The highest BCUT2D eigenvalue weighted by Gasteiger charge is 2.01. The molecule has 0 aliphatic rings. The maximum Gasteiger partial charge on any atom is 0.305 e. The van der Waals surface area contributed by atoms with Crippen LogP contribution in [-0.4, -0.2) is 18.3 Å². The maximum atomic E-state index is 11.2. The van der Waals surface area contributed by atoms with Crippen LogP contribution in [-0.2, 0) is 9.53 Å². The van der Waals surface area contributed by atoms with Gasteiger partial charge < -0.3 is 4.74 Å². The quantitative estimate of drug-likeness (QED) is 0.354. The highest BCUT2D eigenvalue weighted by Crippen LogP contribution is 2.06. The summed E-state index contributed by atoms with van der Waals surface area (Å²) in [6.45, 7) is 2.75. The van der Waals surface area contributed by atoms with Crippen molar-refractivity contribution < 1.29 is 9.53 Å². The van der Waals surface area contributed by atoms with E-state index in [1.54, 1.807) is 0 Å². The topological polar surface area (TPSA) is 26.3 Å². The molecule has 90 valence electrons. The molecule has 0 saturated carbocycles. The molecule has 0 rings (SSSR count). The number of ether oxygens (including phenoxy) is 1. The van der Waals surface area contributed by atoms with Crippen molar-refractivity contribution in [1.82, 2.24) is 0 Å². The summed E-state index contributed by atoms with van der Waals surface area (Å²) in [4.78, 5) is 11.2. The molecule has 0 aromatic rings. The minimum atomic E-state index is -0.0364. The van der Waals surface area contributed by atoms with Gasteiger partial charge in [-0.3, -0.25) is 4.79 Å². The van der Waals surface area contributed by atoms with Crippen molar-refractivity contribution >= 4 is 18.6 Å². The van der Waals surface area contributed by atoms with Crippen molar-refractivity contribution in [2.45, 2.75) is 58.3 Å². The Kier molecular flexibility index (Phi) is 11.7. The molecule has 0 spiro atoms. The number of hydrogen-bond donors (Lipinski definition) is 1. The third kappa shape index (κ3) is 11.7. The predicted molar refractivity (Wildman–Crippen MR) is 67.4 cm³/mol. The van der Waals surface area contributed by atoms with E-state index in [0.717, 1.165) is 31.4 Å². The van der Waals surface area contributed by atoms with E-state index in [2.05, 4.69) is 19.6 Å². The Morgan fingerprint density at radius 1 is 1.07 bits per heavy atom. The molecular weight excluding hydrogens is 208 g/mol. The molecule has 0 aliphatic carbocycles. The molecule has 0 unspecified atom stereocenters. The van der Waals surface area contributed by atoms with Crippen molar-refractivity contribution in [2.75, 3.05) is 12.4 Å². The van der Waals surface area contributed by atoms with Gasteiger partial charge in [0.2, 0.25) is 0 Å². The van der Waals surface area contributed by atoms with E-state index in [0.29, 0.717) is 13.0 Å². The molecular formula is C12H24O2S. The normalized spacial score (nSPS) is 10.3. The lowest BCUT2D eigenvalue weighted by Gasteiger charge is -2.03. The number of hydrogen-bond acceptors (Lipinski definition) is 3. The van der Waals surface area contributed by atoms with Crippen LogP contribution < -0.4 is 0 Å². The number of carbonyl (C=O) groups excluding carboxylic acids is 1. The van der Waals surface area contributed by atoms with Crippen LogP contribution in [0.4, 0.5) is 0 Å². The lowest BCUT2D eigenvalue weighted by molar-refractivity contribution is -0.143. The molecule has 2 nitrogen and oxygen atoms in total. The zero-order valence-electron chi connectivity index (χ0n) is 9.83. The van der Waals surface area contributed by atoms with Gasteiger partial charge >= 0.3 is 5.97 Å². The Bertz CT molecular complexity index is 149. The van der Waals surface area contributed by atoms with Crippen molar-refractivity contribution in [3.8, 4) is 0 Å². The average Bonchev–Trinajstić information content (AvgIpc) is 2.24. The number of carbonyl (C=O) groups is 1. The van der Waals surface area contributed by atoms with Crippen molar-refractivity contribution in [3.63, 3.8) is 0 Å². The van der Waals surface area contributed by atoms with Crippen LogP contribution in [0.15, 0.2) is 0 Å². The van der Waals surface area contributed by atoms with Gasteiger partial charge in [-0.1, -0.05) is 32.6 Å². The van der Waals surface area contributed by atoms with Gasteiger partial charge in [-0.05, 0) is 25.0 Å². The van der Waals surface area contributed by atoms with Crippen LogP contribution in [0.25, 0.3) is 0 Å². The molecule has 0 heterocycles. The maximum absolute atomic E-state index is 11.2. The number of rotatable bonds is 10. The van der Waals surface area contributed by atoms with E-state index in [1.807, 2.05) is 0 Å². The highest BCUT2D eigenvalue weighted by molar-refractivity contribution is 7.80. The molecule has 0 radical (unpaired) electrons. The molecule has 0 aromatic heterocycles. The summed E-state index contributed by atoms with van der Waals surface area (Å²) in [7, 11) is 0. The molecule has 0 aromatic carbocycles. The Labute approximate surface area is 99.2 Å². The zero-order valence-corrected chi connectivity index (χ0v) is 10.7. The molecule has 3 heteroatoms. The minimum absolute atomic E-state index is 0.0364. The number of unbranched alkanes of at least 4 members (excludes halogenated alkanes) is 5. The number of thiol groups is 1. The summed E-state index contributed by atoms with van der Waals surface area (Å²) in [6.07, 6.45) is 8.43. The van der Waals surface area contributed by atoms with E-state index in [1.165, 1.54) is 19.3 Å². The van der Waals surface area contributed by atoms with Gasteiger partial charge in [0.25, 0.3) is 0 Å². The van der Waals surface area contributed by atoms with E-state index in [4.69, 9.17) is 4.74 Å². The standard InChI is InChI=1S/C12H24O2S/c1-2-3-4-5-6-9-12(13)14-10-7-8-11-15/h15H,2-11H2,1H3. The number of esters is 1. The Balaban J connectivity index is 3.11. The Morgan fingerprint density at radius 3 is 2.47 bits per heavy atom. The first kappa shape index (κ1) is 14.8. The third-order valence-corrected chi connectivity index (χ3v) is 2.62. The van der Waals surface area contributed by atoms with Crippen LogP contribution in [0, 0.1) is 0 Å². The van der Waals surface area contributed by atoms with Crippen LogP contribution in [0.3, 0.4) is 0 Å². The zero-order chi connectivity index (χ0) is 11.4. The van der Waals surface area contributed by atoms with Gasteiger partial charge in [-0.15, -0.1) is 0 Å². The molecule has 0 N–H and O–H groups in total. The first-order chi connectivity index (χ1) is 7.31. The summed E-state index contributed by atoms with van der Waals surface area (Å²) in [5.74, 6) is 0.833. The second-order valence-electron chi connectivity index (χ2n) is 3.82. The van der Waals surface area contributed by atoms with Crippen LogP contribution in [0.2, 0.25) is 0 Å². The van der Waals surface area contributed by atoms with Gasteiger partial charge in [-0.2, -0.15) is 12.6 Å². The van der Waals surface area contributed by atoms with Gasteiger partial charge in [-0.25, -0.2) is 0 Å². The van der Waals surface area contributed by atoms with Gasteiger partial charge in [0, 0.05) is 6.42 Å². The highest BCUT2D eigenvalue weighted by atomic mass is 32.1. The van der Waals surface area contributed by atoms with Crippen molar-refractivity contribution in [3.05, 3.63) is 0 Å². The van der Waals surface area contributed by atoms with Crippen molar-refractivity contribution in [2.24, 2.45) is 0 Å². The molecule has 0 bridgehead atoms. The summed E-state index contributed by atoms with van der Waals surface area (Å²) >= 11 is 4.09. The minimum Gasteiger partial charge on any atom is -0.466 e. The van der Waals surface area contributed by atoms with Crippen LogP contribution >= 0.6 is 12.6 Å². The Morgan fingerprint density at radius 2 is 1.80 bits per heavy atom. The Hall–Kier alpha value is -0.180. The first-order valence-electron chi connectivity index (χ1n) is 6.07. The summed E-state index contributed by atoms with van der Waals surface area (Å²) in [6, 6.07) is 0. The summed E-state index contributed by atoms with van der Waals surface area (Å²) in [5.41, 5.74) is 0.